The summed E-state index contributed by atoms with van der Waals surface area (Å²) in [5, 5.41) is 3.30. The normalized spacial score (nSPS) is 17.4. The van der Waals surface area contributed by atoms with Crippen LogP contribution in [-0.4, -0.2) is 29.2 Å². The van der Waals surface area contributed by atoms with E-state index in [9.17, 15) is 0 Å². The van der Waals surface area contributed by atoms with Crippen molar-refractivity contribution in [3.8, 4) is 5.88 Å². The summed E-state index contributed by atoms with van der Waals surface area (Å²) in [6.45, 7) is 3.97. The highest BCUT2D eigenvalue weighted by Crippen LogP contribution is 2.20. The predicted octanol–water partition coefficient (Wildman–Crippen LogP) is 1.65. The van der Waals surface area contributed by atoms with E-state index in [0.29, 0.717) is 11.8 Å². The molecule has 0 bridgehead atoms. The number of nitrogens with one attached hydrogen (secondary N) is 1. The molecule has 0 aliphatic carbocycles. The lowest BCUT2D eigenvalue weighted by Crippen LogP contribution is -2.34. The van der Waals surface area contributed by atoms with Crippen LogP contribution in [0, 0.1) is 6.92 Å². The Labute approximate surface area is 100 Å². The molecule has 16 heavy (non-hydrogen) atoms. The number of piperidine rings is 1. The highest BCUT2D eigenvalue weighted by atomic mass is 35.5. The minimum atomic E-state index is 0.262. The summed E-state index contributed by atoms with van der Waals surface area (Å²) in [7, 11) is 0. The first-order chi connectivity index (χ1) is 7.81. The van der Waals surface area contributed by atoms with E-state index in [-0.39, 0.29) is 6.10 Å². The summed E-state index contributed by atoms with van der Waals surface area (Å²) >= 11 is 5.79. The van der Waals surface area contributed by atoms with Crippen molar-refractivity contribution in [2.45, 2.75) is 31.7 Å². The largest absolute Gasteiger partial charge is 0.474 e. The van der Waals surface area contributed by atoms with E-state index in [4.69, 9.17) is 16.3 Å². The molecule has 0 spiro atoms. The summed E-state index contributed by atoms with van der Waals surface area (Å²) in [6, 6.07) is 0. The van der Waals surface area contributed by atoms with Crippen LogP contribution in [-0.2, 0) is 5.88 Å². The molecule has 0 unspecified atom stereocenters. The number of halogens is 1. The van der Waals surface area contributed by atoms with Gasteiger partial charge in [0.2, 0.25) is 5.88 Å². The summed E-state index contributed by atoms with van der Waals surface area (Å²) in [5.74, 6) is 1.08. The lowest BCUT2D eigenvalue weighted by Gasteiger charge is -2.24. The fraction of sp³-hybridized carbons (Fsp3) is 0.636. The Kier molecular flexibility index (Phi) is 3.96. The van der Waals surface area contributed by atoms with Gasteiger partial charge >= 0.3 is 0 Å². The van der Waals surface area contributed by atoms with E-state index >= 15 is 0 Å². The standard InChI is InChI=1S/C11H16ClN3O/c1-8-10(6-12)14-7-15-11(8)16-9-2-4-13-5-3-9/h7,9,13H,2-6H2,1H3. The van der Waals surface area contributed by atoms with Crippen molar-refractivity contribution in [3.05, 3.63) is 17.6 Å². The lowest BCUT2D eigenvalue weighted by atomic mass is 10.1. The van der Waals surface area contributed by atoms with Crippen LogP contribution < -0.4 is 10.1 Å². The van der Waals surface area contributed by atoms with Gasteiger partial charge in [0, 0.05) is 5.56 Å². The van der Waals surface area contributed by atoms with Crippen molar-refractivity contribution in [1.82, 2.24) is 15.3 Å². The summed E-state index contributed by atoms with van der Waals surface area (Å²) in [4.78, 5) is 8.28. The molecule has 1 saturated heterocycles. The van der Waals surface area contributed by atoms with Crippen LogP contribution >= 0.6 is 11.6 Å². The maximum Gasteiger partial charge on any atom is 0.219 e. The second kappa shape index (κ2) is 5.46. The highest BCUT2D eigenvalue weighted by molar-refractivity contribution is 6.17. The quantitative estimate of drug-likeness (QED) is 0.818. The van der Waals surface area contributed by atoms with Crippen LogP contribution in [0.25, 0.3) is 0 Å². The zero-order chi connectivity index (χ0) is 11.4. The van der Waals surface area contributed by atoms with Gasteiger partial charge in [-0.05, 0) is 32.9 Å². The first-order valence-electron chi connectivity index (χ1n) is 5.55. The Balaban J connectivity index is 2.08. The van der Waals surface area contributed by atoms with Crippen LogP contribution in [0.5, 0.6) is 5.88 Å². The van der Waals surface area contributed by atoms with E-state index < -0.39 is 0 Å². The summed E-state index contributed by atoms with van der Waals surface area (Å²) < 4.78 is 5.88. The van der Waals surface area contributed by atoms with Crippen LogP contribution in [0.3, 0.4) is 0 Å². The molecule has 1 fully saturated rings. The van der Waals surface area contributed by atoms with Gasteiger partial charge in [-0.25, -0.2) is 9.97 Å². The molecule has 1 aromatic rings. The van der Waals surface area contributed by atoms with Gasteiger partial charge in [-0.3, -0.25) is 0 Å². The lowest BCUT2D eigenvalue weighted by molar-refractivity contribution is 0.154. The number of aromatic nitrogens is 2. The van der Waals surface area contributed by atoms with Crippen molar-refractivity contribution < 1.29 is 4.74 Å². The molecule has 0 radical (unpaired) electrons. The van der Waals surface area contributed by atoms with Gasteiger partial charge in [0.1, 0.15) is 12.4 Å². The Morgan fingerprint density at radius 2 is 2.19 bits per heavy atom. The molecule has 0 amide bonds. The molecule has 0 saturated carbocycles. The van der Waals surface area contributed by atoms with Crippen molar-refractivity contribution in [3.63, 3.8) is 0 Å². The number of nitrogens with zero attached hydrogens (tertiary/aromatic N) is 2. The molecule has 1 aliphatic heterocycles. The highest BCUT2D eigenvalue weighted by Gasteiger charge is 2.17. The summed E-state index contributed by atoms with van der Waals surface area (Å²) in [6.07, 6.45) is 3.83. The molecular formula is C11H16ClN3O. The van der Waals surface area contributed by atoms with Crippen molar-refractivity contribution in [1.29, 1.82) is 0 Å². The van der Waals surface area contributed by atoms with Crippen molar-refractivity contribution in [2.75, 3.05) is 13.1 Å². The average molecular weight is 242 g/mol. The Bertz CT molecular complexity index is 353. The Morgan fingerprint density at radius 1 is 1.44 bits per heavy atom. The van der Waals surface area contributed by atoms with Gasteiger partial charge in [0.15, 0.2) is 0 Å². The first-order valence-corrected chi connectivity index (χ1v) is 6.08. The minimum Gasteiger partial charge on any atom is -0.474 e. The predicted molar refractivity (Wildman–Crippen MR) is 62.8 cm³/mol. The number of rotatable bonds is 3. The monoisotopic (exact) mass is 241 g/mol. The molecular weight excluding hydrogens is 226 g/mol. The molecule has 1 aromatic heterocycles. The molecule has 2 heterocycles. The molecule has 2 rings (SSSR count). The molecule has 0 aromatic carbocycles. The van der Waals surface area contributed by atoms with Crippen molar-refractivity contribution in [2.24, 2.45) is 0 Å². The van der Waals surface area contributed by atoms with Crippen LogP contribution in [0.15, 0.2) is 6.33 Å². The topological polar surface area (TPSA) is 47.0 Å². The van der Waals surface area contributed by atoms with Gasteiger partial charge in [-0.2, -0.15) is 0 Å². The van der Waals surface area contributed by atoms with Gasteiger partial charge in [-0.1, -0.05) is 0 Å². The van der Waals surface area contributed by atoms with Gasteiger partial charge in [0.25, 0.3) is 0 Å². The number of hydrogen-bond donors (Lipinski definition) is 1. The zero-order valence-corrected chi connectivity index (χ0v) is 10.1. The number of alkyl halides is 1. The smallest absolute Gasteiger partial charge is 0.219 e. The number of ether oxygens (including phenoxy) is 1. The third kappa shape index (κ3) is 2.62. The number of hydrogen-bond acceptors (Lipinski definition) is 4. The molecule has 5 heteroatoms. The average Bonchev–Trinajstić information content (AvgIpc) is 2.33. The van der Waals surface area contributed by atoms with E-state index in [0.717, 1.165) is 37.2 Å². The third-order valence-corrected chi connectivity index (χ3v) is 3.09. The Hall–Kier alpha value is -0.870. The van der Waals surface area contributed by atoms with Crippen LogP contribution in [0.2, 0.25) is 0 Å². The van der Waals surface area contributed by atoms with E-state index in [1.807, 2.05) is 6.92 Å². The second-order valence-electron chi connectivity index (χ2n) is 3.95. The molecule has 4 nitrogen and oxygen atoms in total. The van der Waals surface area contributed by atoms with Gasteiger partial charge in [-0.15, -0.1) is 11.6 Å². The first kappa shape index (κ1) is 11.6. The SMILES string of the molecule is Cc1c(CCl)ncnc1OC1CCNCC1. The third-order valence-electron chi connectivity index (χ3n) is 2.83. The van der Waals surface area contributed by atoms with E-state index in [1.54, 1.807) is 0 Å². The van der Waals surface area contributed by atoms with Gasteiger partial charge in [0.05, 0.1) is 11.6 Å². The molecule has 1 aliphatic rings. The maximum absolute atomic E-state index is 5.88. The van der Waals surface area contributed by atoms with Crippen LogP contribution in [0.4, 0.5) is 0 Å². The van der Waals surface area contributed by atoms with E-state index in [1.165, 1.54) is 6.33 Å². The minimum absolute atomic E-state index is 0.262. The van der Waals surface area contributed by atoms with Crippen LogP contribution in [0.1, 0.15) is 24.1 Å². The summed E-state index contributed by atoms with van der Waals surface area (Å²) in [5.41, 5.74) is 1.80. The van der Waals surface area contributed by atoms with Gasteiger partial charge < -0.3 is 10.1 Å². The van der Waals surface area contributed by atoms with Crippen molar-refractivity contribution >= 4 is 11.6 Å². The second-order valence-corrected chi connectivity index (χ2v) is 4.22. The molecule has 1 N–H and O–H groups in total. The Morgan fingerprint density at radius 3 is 2.88 bits per heavy atom. The fourth-order valence-corrected chi connectivity index (χ4v) is 2.06. The maximum atomic E-state index is 5.88. The zero-order valence-electron chi connectivity index (χ0n) is 9.37. The molecule has 0 atom stereocenters. The van der Waals surface area contributed by atoms with E-state index in [2.05, 4.69) is 15.3 Å². The fourth-order valence-electron chi connectivity index (χ4n) is 1.79. The molecule has 88 valence electrons.